The number of rotatable bonds is 0. The van der Waals surface area contributed by atoms with E-state index < -0.39 is 0 Å². The average molecular weight is 462 g/mol. The molecule has 4 heteroatoms. The molecule has 0 aliphatic carbocycles. The van der Waals surface area contributed by atoms with Crippen molar-refractivity contribution in [1.82, 2.24) is 0 Å². The summed E-state index contributed by atoms with van der Waals surface area (Å²) in [5.74, 6) is 0. The summed E-state index contributed by atoms with van der Waals surface area (Å²) in [4.78, 5) is 0. The van der Waals surface area contributed by atoms with Gasteiger partial charge in [0, 0.05) is 86.0 Å². The molecule has 0 unspecified atom stereocenters. The molecular weight excluding hydrogens is 462 g/mol. The summed E-state index contributed by atoms with van der Waals surface area (Å²) >= 11 is 0. The summed E-state index contributed by atoms with van der Waals surface area (Å²) < 4.78 is 0. The van der Waals surface area contributed by atoms with Crippen LogP contribution < -0.4 is 0 Å². The van der Waals surface area contributed by atoms with E-state index in [4.69, 9.17) is 0 Å². The summed E-state index contributed by atoms with van der Waals surface area (Å²) in [5.41, 5.74) is 0. The molecule has 20 valence electrons. The van der Waals surface area contributed by atoms with Crippen LogP contribution in [-0.2, 0) is 86.0 Å². The van der Waals surface area contributed by atoms with Crippen LogP contribution in [0.3, 0.4) is 0 Å². The summed E-state index contributed by atoms with van der Waals surface area (Å²) in [5, 5.41) is 0. The topological polar surface area (TPSA) is 0 Å². The molecule has 0 aromatic heterocycles. The fourth-order valence-corrected chi connectivity index (χ4v) is 0. The Balaban J connectivity index is 0. The summed E-state index contributed by atoms with van der Waals surface area (Å²) in [7, 11) is 0. The molecule has 0 saturated heterocycles. The average Bonchev–Trinajstić information content (AvgIpc) is 0. The first-order chi connectivity index (χ1) is 0. The predicted molar refractivity (Wildman–Crippen MR) is 0 cm³/mol. The molecule has 0 amide bonds. The summed E-state index contributed by atoms with van der Waals surface area (Å²) in [6, 6.07) is 0. The van der Waals surface area contributed by atoms with Crippen molar-refractivity contribution in [2.45, 2.75) is 0 Å². The smallest absolute Gasteiger partial charge is 0 e. The van der Waals surface area contributed by atoms with Crippen molar-refractivity contribution in [2.75, 3.05) is 0 Å². The van der Waals surface area contributed by atoms with Gasteiger partial charge in [0.2, 0.25) is 0 Å². The molecule has 0 heterocycles. The third-order valence-corrected chi connectivity index (χ3v) is 0. The van der Waals surface area contributed by atoms with E-state index in [2.05, 4.69) is 0 Å². The van der Waals surface area contributed by atoms with Crippen LogP contribution in [0.1, 0.15) is 0 Å². The van der Waals surface area contributed by atoms with Crippen LogP contribution in [0.25, 0.3) is 0 Å². The molecule has 0 aromatic rings. The van der Waals surface area contributed by atoms with Crippen molar-refractivity contribution >= 4 is 0 Å². The molecule has 0 N–H and O–H groups in total. The molecule has 0 aliphatic rings. The van der Waals surface area contributed by atoms with Crippen molar-refractivity contribution in [3.63, 3.8) is 0 Å². The minimum Gasteiger partial charge on any atom is 0 e. The van der Waals surface area contributed by atoms with Gasteiger partial charge in [-0.15, -0.1) is 0 Å². The van der Waals surface area contributed by atoms with Crippen LogP contribution in [-0.4, -0.2) is 0 Å². The zero-order valence-electron chi connectivity index (χ0n) is 1.82. The minimum atomic E-state index is 0. The van der Waals surface area contributed by atoms with E-state index in [9.17, 15) is 0 Å². The number of hydrogen-bond donors (Lipinski definition) is 0. The fourth-order valence-electron chi connectivity index (χ4n) is 0. The van der Waals surface area contributed by atoms with Gasteiger partial charge in [0.05, 0.1) is 0 Å². The maximum Gasteiger partial charge on any atom is 0 e. The van der Waals surface area contributed by atoms with Crippen molar-refractivity contribution in [3.8, 4) is 0 Å². The Labute approximate surface area is 84.5 Å². The van der Waals surface area contributed by atoms with Gasteiger partial charge >= 0.3 is 0 Å². The monoisotopic (exact) mass is 464 g/mol. The van der Waals surface area contributed by atoms with Crippen molar-refractivity contribution < 1.29 is 86.0 Å². The van der Waals surface area contributed by atoms with Crippen LogP contribution >= 0.6 is 0 Å². The maximum absolute atomic E-state index is 0. The van der Waals surface area contributed by atoms with Crippen molar-refractivity contribution in [3.05, 3.63) is 0 Å². The molecule has 0 atom stereocenters. The SMILES string of the molecule is [Cr].[Hf].[Ti].[W]. The molecular formula is CrHfTiW. The van der Waals surface area contributed by atoms with Gasteiger partial charge in [-0.2, -0.15) is 0 Å². The molecule has 0 spiro atoms. The van der Waals surface area contributed by atoms with Crippen LogP contribution in [0.4, 0.5) is 0 Å². The molecule has 0 saturated carbocycles. The van der Waals surface area contributed by atoms with E-state index in [1.807, 2.05) is 0 Å². The number of hydrogen-bond acceptors (Lipinski definition) is 0. The Bertz CT molecular complexity index is 8.00. The first kappa shape index (κ1) is 29.1. The Kier molecular flexibility index (Phi) is 124. The first-order valence-electron chi connectivity index (χ1n) is 0. The maximum atomic E-state index is 0. The minimum absolute atomic E-state index is 0. The Morgan fingerprint density at radius 2 is 1.00 bits per heavy atom. The van der Waals surface area contributed by atoms with Gasteiger partial charge in [-0.3, -0.25) is 0 Å². The standard InChI is InChI=1S/Cr.Hf.Ti.W. The first-order valence-corrected chi connectivity index (χ1v) is 0. The summed E-state index contributed by atoms with van der Waals surface area (Å²) in [6.45, 7) is 0. The zero-order valence-corrected chi connectivity index (χ0v) is 11.2. The van der Waals surface area contributed by atoms with Gasteiger partial charge in [-0.05, 0) is 0 Å². The van der Waals surface area contributed by atoms with Crippen LogP contribution in [0.2, 0.25) is 0 Å². The quantitative estimate of drug-likeness (QED) is 0.445. The Hall–Kier alpha value is 2.81. The Morgan fingerprint density at radius 1 is 1.00 bits per heavy atom. The van der Waals surface area contributed by atoms with E-state index in [1.54, 1.807) is 0 Å². The van der Waals surface area contributed by atoms with Crippen LogP contribution in [0.15, 0.2) is 0 Å². The third kappa shape index (κ3) is 8.84. The van der Waals surface area contributed by atoms with Gasteiger partial charge in [0.15, 0.2) is 0 Å². The van der Waals surface area contributed by atoms with E-state index >= 15 is 0 Å². The van der Waals surface area contributed by atoms with Crippen LogP contribution in [0, 0.1) is 0 Å². The predicted octanol–water partition coefficient (Wildman–Crippen LogP) is -0.0100. The van der Waals surface area contributed by atoms with Crippen molar-refractivity contribution in [1.29, 1.82) is 0 Å². The molecule has 0 radical (unpaired) electrons. The molecule has 0 rings (SSSR count). The van der Waals surface area contributed by atoms with Gasteiger partial charge in [-0.1, -0.05) is 0 Å². The largest absolute Gasteiger partial charge is 0 e. The third-order valence-electron chi connectivity index (χ3n) is 0. The second kappa shape index (κ2) is 17.0. The molecule has 0 fully saturated rings. The van der Waals surface area contributed by atoms with E-state index in [0.717, 1.165) is 0 Å². The van der Waals surface area contributed by atoms with Crippen molar-refractivity contribution in [2.24, 2.45) is 0 Å². The molecule has 4 heavy (non-hydrogen) atoms. The van der Waals surface area contributed by atoms with Gasteiger partial charge in [-0.25, -0.2) is 0 Å². The van der Waals surface area contributed by atoms with Gasteiger partial charge < -0.3 is 0 Å². The second-order valence-electron chi connectivity index (χ2n) is 0. The Morgan fingerprint density at radius 3 is 1.00 bits per heavy atom. The van der Waals surface area contributed by atoms with Crippen LogP contribution in [0.5, 0.6) is 0 Å². The van der Waals surface area contributed by atoms with E-state index in [0.29, 0.717) is 0 Å². The molecule has 0 nitrogen and oxygen atoms in total. The summed E-state index contributed by atoms with van der Waals surface area (Å²) in [6.07, 6.45) is 0. The van der Waals surface area contributed by atoms with Gasteiger partial charge in [0.25, 0.3) is 0 Å². The second-order valence-corrected chi connectivity index (χ2v) is 0. The molecule has 0 bridgehead atoms. The van der Waals surface area contributed by atoms with E-state index in [-0.39, 0.29) is 86.0 Å². The zero-order chi connectivity index (χ0) is 0. The molecule has 0 aliphatic heterocycles. The van der Waals surface area contributed by atoms with Gasteiger partial charge in [0.1, 0.15) is 0 Å². The fraction of sp³-hybridized carbons (Fsp3) is 0. The normalized spacial score (nSPS) is 0. The van der Waals surface area contributed by atoms with E-state index in [1.165, 1.54) is 0 Å². The molecule has 0 aromatic carbocycles.